The van der Waals surface area contributed by atoms with Crippen molar-refractivity contribution in [3.8, 4) is 0 Å². The molecule has 0 amide bonds. The summed E-state index contributed by atoms with van der Waals surface area (Å²) in [6.45, 7) is 2.74. The second-order valence-corrected chi connectivity index (χ2v) is 4.79. The van der Waals surface area contributed by atoms with Gasteiger partial charge in [-0.05, 0) is 24.1 Å². The van der Waals surface area contributed by atoms with E-state index in [1.54, 1.807) is 13.2 Å². The Morgan fingerprint density at radius 3 is 3.05 bits per heavy atom. The molecule has 19 heavy (non-hydrogen) atoms. The van der Waals surface area contributed by atoms with E-state index in [2.05, 4.69) is 4.90 Å². The number of benzene rings is 1. The van der Waals surface area contributed by atoms with E-state index in [-0.39, 0.29) is 0 Å². The number of carbonyl (C=O) groups is 1. The number of hydrogen-bond acceptors (Lipinski definition) is 3. The molecule has 1 aromatic rings. The first-order valence-electron chi connectivity index (χ1n) is 6.44. The predicted molar refractivity (Wildman–Crippen MR) is 75.3 cm³/mol. The summed E-state index contributed by atoms with van der Waals surface area (Å²) >= 11 is 0. The Morgan fingerprint density at radius 2 is 2.32 bits per heavy atom. The molecule has 1 N–H and O–H groups in total. The van der Waals surface area contributed by atoms with E-state index >= 15 is 0 Å². The smallest absolute Gasteiger partial charge is 0.328 e. The maximum absolute atomic E-state index is 10.6. The fourth-order valence-electron chi connectivity index (χ4n) is 2.50. The van der Waals surface area contributed by atoms with Crippen molar-refractivity contribution < 1.29 is 14.6 Å². The van der Waals surface area contributed by atoms with Gasteiger partial charge in [0, 0.05) is 37.9 Å². The first kappa shape index (κ1) is 13.6. The molecule has 2 rings (SSSR count). The maximum Gasteiger partial charge on any atom is 0.328 e. The van der Waals surface area contributed by atoms with E-state index in [0.29, 0.717) is 5.92 Å². The van der Waals surface area contributed by atoms with Crippen molar-refractivity contribution in [2.45, 2.75) is 6.42 Å². The first-order valence-corrected chi connectivity index (χ1v) is 6.44. The number of para-hydroxylation sites is 1. The molecular weight excluding hydrogens is 242 g/mol. The maximum atomic E-state index is 10.6. The molecule has 0 bridgehead atoms. The Balaban J connectivity index is 2.14. The van der Waals surface area contributed by atoms with Crippen molar-refractivity contribution in [1.82, 2.24) is 0 Å². The average molecular weight is 261 g/mol. The Hall–Kier alpha value is -1.81. The lowest BCUT2D eigenvalue weighted by Crippen LogP contribution is -2.21. The number of rotatable bonds is 5. The molecule has 4 nitrogen and oxygen atoms in total. The zero-order chi connectivity index (χ0) is 13.7. The molecule has 1 saturated heterocycles. The van der Waals surface area contributed by atoms with Gasteiger partial charge in [0.2, 0.25) is 0 Å². The van der Waals surface area contributed by atoms with E-state index < -0.39 is 5.97 Å². The van der Waals surface area contributed by atoms with Crippen LogP contribution >= 0.6 is 0 Å². The molecule has 0 spiro atoms. The second kappa shape index (κ2) is 6.38. The molecule has 1 unspecified atom stereocenters. The number of aliphatic carboxylic acids is 1. The topological polar surface area (TPSA) is 49.8 Å². The first-order chi connectivity index (χ1) is 9.20. The molecule has 4 heteroatoms. The van der Waals surface area contributed by atoms with Crippen molar-refractivity contribution in [2.75, 3.05) is 31.7 Å². The van der Waals surface area contributed by atoms with Gasteiger partial charge in [0.1, 0.15) is 0 Å². The highest BCUT2D eigenvalue weighted by atomic mass is 16.5. The third-order valence-corrected chi connectivity index (χ3v) is 3.37. The zero-order valence-corrected chi connectivity index (χ0v) is 11.1. The number of carboxylic acids is 1. The molecule has 0 saturated carbocycles. The molecule has 1 aromatic carbocycles. The van der Waals surface area contributed by atoms with Crippen molar-refractivity contribution in [3.63, 3.8) is 0 Å². The van der Waals surface area contributed by atoms with E-state index in [1.165, 1.54) is 6.08 Å². The molecule has 1 aliphatic heterocycles. The average Bonchev–Trinajstić information content (AvgIpc) is 2.85. The minimum absolute atomic E-state index is 0.557. The normalized spacial score (nSPS) is 19.2. The molecule has 0 aliphatic carbocycles. The van der Waals surface area contributed by atoms with Gasteiger partial charge in [0.15, 0.2) is 0 Å². The number of ether oxygens (including phenoxy) is 1. The van der Waals surface area contributed by atoms with Gasteiger partial charge >= 0.3 is 5.97 Å². The quantitative estimate of drug-likeness (QED) is 0.826. The zero-order valence-electron chi connectivity index (χ0n) is 11.1. The van der Waals surface area contributed by atoms with Crippen LogP contribution in [0.25, 0.3) is 6.08 Å². The summed E-state index contributed by atoms with van der Waals surface area (Å²) in [4.78, 5) is 12.9. The van der Waals surface area contributed by atoms with Crippen LogP contribution in [0, 0.1) is 5.92 Å². The lowest BCUT2D eigenvalue weighted by atomic mass is 10.1. The lowest BCUT2D eigenvalue weighted by molar-refractivity contribution is -0.131. The van der Waals surface area contributed by atoms with Crippen LogP contribution in [0.5, 0.6) is 0 Å². The summed E-state index contributed by atoms with van der Waals surface area (Å²) in [5.41, 5.74) is 2.04. The number of methoxy groups -OCH3 is 1. The summed E-state index contributed by atoms with van der Waals surface area (Å²) in [5.74, 6) is -0.366. The summed E-state index contributed by atoms with van der Waals surface area (Å²) in [6.07, 6.45) is 3.95. The van der Waals surface area contributed by atoms with E-state index in [9.17, 15) is 4.79 Å². The molecule has 102 valence electrons. The minimum Gasteiger partial charge on any atom is -0.478 e. The number of nitrogens with zero attached hydrogens (tertiary/aromatic N) is 1. The van der Waals surface area contributed by atoms with E-state index in [0.717, 1.165) is 37.4 Å². The summed E-state index contributed by atoms with van der Waals surface area (Å²) in [5, 5.41) is 8.73. The highest BCUT2D eigenvalue weighted by molar-refractivity contribution is 5.87. The Kier molecular flexibility index (Phi) is 4.58. The van der Waals surface area contributed by atoms with Crippen LogP contribution in [0.1, 0.15) is 12.0 Å². The van der Waals surface area contributed by atoms with Crippen LogP contribution in [0.15, 0.2) is 30.3 Å². The van der Waals surface area contributed by atoms with Gasteiger partial charge in [-0.2, -0.15) is 0 Å². The van der Waals surface area contributed by atoms with Crippen LogP contribution in [-0.2, 0) is 9.53 Å². The number of hydrogen-bond donors (Lipinski definition) is 1. The van der Waals surface area contributed by atoms with Gasteiger partial charge in [-0.15, -0.1) is 0 Å². The van der Waals surface area contributed by atoms with Crippen LogP contribution in [0.2, 0.25) is 0 Å². The van der Waals surface area contributed by atoms with Crippen molar-refractivity contribution in [1.29, 1.82) is 0 Å². The molecule has 1 aliphatic rings. The highest BCUT2D eigenvalue weighted by Crippen LogP contribution is 2.27. The van der Waals surface area contributed by atoms with Gasteiger partial charge in [-0.1, -0.05) is 18.2 Å². The highest BCUT2D eigenvalue weighted by Gasteiger charge is 2.23. The number of anilines is 1. The van der Waals surface area contributed by atoms with E-state index in [1.807, 2.05) is 24.3 Å². The monoisotopic (exact) mass is 261 g/mol. The van der Waals surface area contributed by atoms with Gasteiger partial charge in [0.05, 0.1) is 6.61 Å². The lowest BCUT2D eigenvalue weighted by Gasteiger charge is -2.21. The van der Waals surface area contributed by atoms with Gasteiger partial charge in [-0.3, -0.25) is 0 Å². The number of carboxylic acid groups (broad SMARTS) is 1. The minimum atomic E-state index is -0.923. The molecule has 1 heterocycles. The molecule has 0 aromatic heterocycles. The van der Waals surface area contributed by atoms with Gasteiger partial charge < -0.3 is 14.7 Å². The Morgan fingerprint density at radius 1 is 1.53 bits per heavy atom. The standard InChI is InChI=1S/C15H19NO3/c1-19-11-12-8-9-16(10-12)14-5-3-2-4-13(14)6-7-15(17)18/h2-7,12H,8-11H2,1H3,(H,17,18). The third-order valence-electron chi connectivity index (χ3n) is 3.37. The van der Waals surface area contributed by atoms with Crippen molar-refractivity contribution in [3.05, 3.63) is 35.9 Å². The molecule has 1 fully saturated rings. The largest absolute Gasteiger partial charge is 0.478 e. The fourth-order valence-corrected chi connectivity index (χ4v) is 2.50. The van der Waals surface area contributed by atoms with Crippen molar-refractivity contribution in [2.24, 2.45) is 5.92 Å². The third kappa shape index (κ3) is 3.58. The van der Waals surface area contributed by atoms with Gasteiger partial charge in [0.25, 0.3) is 0 Å². The summed E-state index contributed by atoms with van der Waals surface area (Å²) in [6, 6.07) is 7.89. The van der Waals surface area contributed by atoms with Gasteiger partial charge in [-0.25, -0.2) is 4.79 Å². The van der Waals surface area contributed by atoms with Crippen molar-refractivity contribution >= 4 is 17.7 Å². The Labute approximate surface area is 113 Å². The molecule has 1 atom stereocenters. The Bertz CT molecular complexity index is 470. The summed E-state index contributed by atoms with van der Waals surface area (Å²) in [7, 11) is 1.73. The van der Waals surface area contributed by atoms with Crippen LogP contribution in [0.4, 0.5) is 5.69 Å². The van der Waals surface area contributed by atoms with Crippen LogP contribution < -0.4 is 4.90 Å². The fraction of sp³-hybridized carbons (Fsp3) is 0.400. The van der Waals surface area contributed by atoms with Crippen LogP contribution in [0.3, 0.4) is 0 Å². The molecular formula is C15H19NO3. The molecule has 0 radical (unpaired) electrons. The summed E-state index contributed by atoms with van der Waals surface area (Å²) < 4.78 is 5.20. The SMILES string of the molecule is COCC1CCN(c2ccccc2C=CC(=O)O)C1. The van der Waals surface area contributed by atoms with Crippen LogP contribution in [-0.4, -0.2) is 37.9 Å². The second-order valence-electron chi connectivity index (χ2n) is 4.79. The van der Waals surface area contributed by atoms with E-state index in [4.69, 9.17) is 9.84 Å². The predicted octanol–water partition coefficient (Wildman–Crippen LogP) is 2.26.